The zero-order valence-electron chi connectivity index (χ0n) is 18.8. The lowest BCUT2D eigenvalue weighted by molar-refractivity contribution is -0.121. The largest absolute Gasteiger partial charge is 0.372 e. The number of nitrogens with zero attached hydrogens (tertiary/aromatic N) is 3. The molecule has 2 heterocycles. The number of aromatic nitrogens is 2. The van der Waals surface area contributed by atoms with Gasteiger partial charge < -0.3 is 15.2 Å². The smallest absolute Gasteiger partial charge is 0.227 e. The Hall–Kier alpha value is -2.86. The second-order valence-electron chi connectivity index (χ2n) is 8.41. The second kappa shape index (κ2) is 9.52. The molecular formula is C25H33N5O. The number of nitrogens with one attached hydrogen (secondary N) is 2. The molecule has 3 aromatic rings. The predicted octanol–water partition coefficient (Wildman–Crippen LogP) is 4.57. The van der Waals surface area contributed by atoms with E-state index >= 15 is 0 Å². The summed E-state index contributed by atoms with van der Waals surface area (Å²) in [5, 5.41) is 3.17. The first-order valence-corrected chi connectivity index (χ1v) is 11.4. The highest BCUT2D eigenvalue weighted by atomic mass is 16.1. The Morgan fingerprint density at radius 2 is 1.90 bits per heavy atom. The van der Waals surface area contributed by atoms with Gasteiger partial charge in [0.25, 0.3) is 0 Å². The van der Waals surface area contributed by atoms with E-state index in [1.807, 2.05) is 24.3 Å². The van der Waals surface area contributed by atoms with E-state index < -0.39 is 0 Å². The van der Waals surface area contributed by atoms with Crippen molar-refractivity contribution in [3.8, 4) is 0 Å². The van der Waals surface area contributed by atoms with Crippen molar-refractivity contribution in [1.82, 2.24) is 14.9 Å². The number of carbonyl (C=O) groups is 1. The number of piperidine rings is 1. The van der Waals surface area contributed by atoms with Crippen molar-refractivity contribution in [2.24, 2.45) is 5.92 Å². The van der Waals surface area contributed by atoms with E-state index in [-0.39, 0.29) is 11.8 Å². The number of imidazole rings is 1. The first-order chi connectivity index (χ1) is 15.1. The minimum atomic E-state index is 0.0637. The van der Waals surface area contributed by atoms with Crippen LogP contribution in [0.25, 0.3) is 11.0 Å². The third kappa shape index (κ3) is 4.90. The molecule has 6 nitrogen and oxygen atoms in total. The summed E-state index contributed by atoms with van der Waals surface area (Å²) in [4.78, 5) is 25.7. The van der Waals surface area contributed by atoms with E-state index in [9.17, 15) is 4.79 Å². The summed E-state index contributed by atoms with van der Waals surface area (Å²) in [5.74, 6) is 1.20. The number of anilines is 2. The quantitative estimate of drug-likeness (QED) is 0.589. The summed E-state index contributed by atoms with van der Waals surface area (Å²) in [6.07, 6.45) is 1.76. The average molecular weight is 420 g/mol. The molecule has 0 saturated carbocycles. The van der Waals surface area contributed by atoms with Crippen LogP contribution in [0.4, 0.5) is 11.4 Å². The van der Waals surface area contributed by atoms with Crippen LogP contribution in [-0.2, 0) is 11.3 Å². The maximum atomic E-state index is 12.9. The highest BCUT2D eigenvalue weighted by Crippen LogP contribution is 2.25. The van der Waals surface area contributed by atoms with Crippen LogP contribution in [-0.4, -0.2) is 47.0 Å². The predicted molar refractivity (Wildman–Crippen MR) is 127 cm³/mol. The molecule has 0 spiro atoms. The maximum absolute atomic E-state index is 12.9. The number of likely N-dealkylation sites (tertiary alicyclic amines) is 1. The van der Waals surface area contributed by atoms with Crippen molar-refractivity contribution in [2.75, 3.05) is 36.4 Å². The Morgan fingerprint density at radius 1 is 1.16 bits per heavy atom. The number of H-pyrrole nitrogens is 1. The molecule has 1 fully saturated rings. The molecule has 164 valence electrons. The monoisotopic (exact) mass is 419 g/mol. The van der Waals surface area contributed by atoms with Gasteiger partial charge in [0.15, 0.2) is 0 Å². The van der Waals surface area contributed by atoms with Crippen molar-refractivity contribution >= 4 is 28.3 Å². The molecule has 2 aromatic carbocycles. The number of aryl methyl sites for hydroxylation is 1. The minimum Gasteiger partial charge on any atom is -0.372 e. The van der Waals surface area contributed by atoms with Gasteiger partial charge in [-0.25, -0.2) is 4.98 Å². The molecule has 0 aliphatic carbocycles. The van der Waals surface area contributed by atoms with Gasteiger partial charge in [-0.3, -0.25) is 9.69 Å². The van der Waals surface area contributed by atoms with Crippen LogP contribution in [0.3, 0.4) is 0 Å². The Balaban J connectivity index is 1.31. The summed E-state index contributed by atoms with van der Waals surface area (Å²) in [6, 6.07) is 14.4. The van der Waals surface area contributed by atoms with Gasteiger partial charge in [0, 0.05) is 30.4 Å². The number of carbonyl (C=O) groups excluding carboxylic acids is 1. The number of aromatic amines is 1. The molecule has 0 bridgehead atoms. The zero-order chi connectivity index (χ0) is 21.8. The van der Waals surface area contributed by atoms with Gasteiger partial charge in [0.1, 0.15) is 5.82 Å². The van der Waals surface area contributed by atoms with Crippen LogP contribution >= 0.6 is 0 Å². The van der Waals surface area contributed by atoms with Gasteiger partial charge >= 0.3 is 0 Å². The van der Waals surface area contributed by atoms with Crippen LogP contribution in [0.5, 0.6) is 0 Å². The standard InChI is InChI=1S/C25H33N5O/c1-4-30(5-2)20-10-11-21(18(3)16-20)28-25(31)19-12-14-29(15-13-19)17-24-26-22-8-6-7-9-23(22)27-24/h6-11,16,19H,4-5,12-15,17H2,1-3H3,(H,26,27)(H,28,31). The molecule has 1 aromatic heterocycles. The van der Waals surface area contributed by atoms with Crippen molar-refractivity contribution < 1.29 is 4.79 Å². The minimum absolute atomic E-state index is 0.0637. The Kier molecular flexibility index (Phi) is 6.56. The van der Waals surface area contributed by atoms with E-state index in [1.165, 1.54) is 5.69 Å². The molecule has 1 aliphatic rings. The third-order valence-electron chi connectivity index (χ3n) is 6.37. The topological polar surface area (TPSA) is 64.3 Å². The zero-order valence-corrected chi connectivity index (χ0v) is 18.8. The molecule has 31 heavy (non-hydrogen) atoms. The first kappa shape index (κ1) is 21.4. The molecule has 0 unspecified atom stereocenters. The van der Waals surface area contributed by atoms with E-state index in [2.05, 4.69) is 64.1 Å². The third-order valence-corrected chi connectivity index (χ3v) is 6.37. The lowest BCUT2D eigenvalue weighted by atomic mass is 9.95. The Bertz CT molecular complexity index is 998. The van der Waals surface area contributed by atoms with Gasteiger partial charge in [-0.15, -0.1) is 0 Å². The van der Waals surface area contributed by atoms with Crippen molar-refractivity contribution in [3.05, 3.63) is 53.9 Å². The highest BCUT2D eigenvalue weighted by molar-refractivity contribution is 5.93. The molecule has 4 rings (SSSR count). The Labute approximate surface area is 184 Å². The number of para-hydroxylation sites is 2. The maximum Gasteiger partial charge on any atom is 0.227 e. The molecule has 1 saturated heterocycles. The molecule has 1 aliphatic heterocycles. The number of fused-ring (bicyclic) bond motifs is 1. The van der Waals surface area contributed by atoms with Crippen molar-refractivity contribution in [1.29, 1.82) is 0 Å². The highest BCUT2D eigenvalue weighted by Gasteiger charge is 2.26. The molecule has 1 amide bonds. The van der Waals surface area contributed by atoms with Gasteiger partial charge in [-0.05, 0) is 82.6 Å². The number of benzene rings is 2. The molecule has 6 heteroatoms. The van der Waals surface area contributed by atoms with Crippen LogP contribution < -0.4 is 10.2 Å². The van der Waals surface area contributed by atoms with E-state index in [1.54, 1.807) is 0 Å². The molecular weight excluding hydrogens is 386 g/mol. The molecule has 0 atom stereocenters. The number of amides is 1. The second-order valence-corrected chi connectivity index (χ2v) is 8.41. The summed E-state index contributed by atoms with van der Waals surface area (Å²) < 4.78 is 0. The first-order valence-electron chi connectivity index (χ1n) is 11.4. The van der Waals surface area contributed by atoms with Crippen molar-refractivity contribution in [3.63, 3.8) is 0 Å². The fourth-order valence-corrected chi connectivity index (χ4v) is 4.45. The molecule has 0 radical (unpaired) electrons. The van der Waals surface area contributed by atoms with Gasteiger partial charge in [-0.2, -0.15) is 0 Å². The van der Waals surface area contributed by atoms with E-state index in [4.69, 9.17) is 0 Å². The average Bonchev–Trinajstić information content (AvgIpc) is 3.19. The van der Waals surface area contributed by atoms with E-state index in [0.29, 0.717) is 0 Å². The van der Waals surface area contributed by atoms with Gasteiger partial charge in [0.2, 0.25) is 5.91 Å². The lowest BCUT2D eigenvalue weighted by Gasteiger charge is -2.30. The number of hydrogen-bond acceptors (Lipinski definition) is 4. The van der Waals surface area contributed by atoms with E-state index in [0.717, 1.165) is 73.7 Å². The van der Waals surface area contributed by atoms with Crippen LogP contribution in [0, 0.1) is 12.8 Å². The normalized spacial score (nSPS) is 15.3. The fourth-order valence-electron chi connectivity index (χ4n) is 4.45. The Morgan fingerprint density at radius 3 is 2.58 bits per heavy atom. The van der Waals surface area contributed by atoms with Crippen LogP contribution in [0.1, 0.15) is 38.1 Å². The van der Waals surface area contributed by atoms with Crippen molar-refractivity contribution in [2.45, 2.75) is 40.2 Å². The summed E-state index contributed by atoms with van der Waals surface area (Å²) in [7, 11) is 0. The summed E-state index contributed by atoms with van der Waals surface area (Å²) in [5.41, 5.74) is 5.33. The van der Waals surface area contributed by atoms with Gasteiger partial charge in [0.05, 0.1) is 17.6 Å². The van der Waals surface area contributed by atoms with Crippen LogP contribution in [0.2, 0.25) is 0 Å². The fraction of sp³-hybridized carbons (Fsp3) is 0.440. The van der Waals surface area contributed by atoms with Crippen LogP contribution in [0.15, 0.2) is 42.5 Å². The SMILES string of the molecule is CCN(CC)c1ccc(NC(=O)C2CCN(Cc3nc4ccccc4[nH]3)CC2)c(C)c1. The van der Waals surface area contributed by atoms with Gasteiger partial charge in [-0.1, -0.05) is 12.1 Å². The lowest BCUT2D eigenvalue weighted by Crippen LogP contribution is -2.38. The number of hydrogen-bond donors (Lipinski definition) is 2. The molecule has 2 N–H and O–H groups in total. The summed E-state index contributed by atoms with van der Waals surface area (Å²) >= 11 is 0. The summed E-state index contributed by atoms with van der Waals surface area (Å²) in [6.45, 7) is 11.0. The number of rotatable bonds is 7.